The van der Waals surface area contributed by atoms with Crippen molar-refractivity contribution in [2.24, 2.45) is 0 Å². The summed E-state index contributed by atoms with van der Waals surface area (Å²) in [5.41, 5.74) is 2.84. The van der Waals surface area contributed by atoms with Crippen LogP contribution in [0.5, 0.6) is 0 Å². The number of thiophene rings is 1. The molecule has 0 unspecified atom stereocenters. The zero-order chi connectivity index (χ0) is 24.3. The quantitative estimate of drug-likeness (QED) is 0.191. The maximum Gasteiger partial charge on any atom is 0.269 e. The summed E-state index contributed by atoms with van der Waals surface area (Å²) in [7, 11) is -3.90. The number of non-ortho nitro benzene ring substituents is 1. The lowest BCUT2D eigenvalue weighted by atomic mass is 9.96. The Morgan fingerprint density at radius 1 is 0.829 bits per heavy atom. The van der Waals surface area contributed by atoms with Gasteiger partial charge in [-0.15, -0.1) is 11.3 Å². The molecule has 172 valence electrons. The molecule has 0 aliphatic heterocycles. The lowest BCUT2D eigenvalue weighted by Crippen LogP contribution is -2.12. The number of benzene rings is 4. The van der Waals surface area contributed by atoms with Gasteiger partial charge in [0.1, 0.15) is 0 Å². The fourth-order valence-corrected chi connectivity index (χ4v) is 7.22. The minimum absolute atomic E-state index is 0.00718. The highest BCUT2D eigenvalue weighted by Crippen LogP contribution is 2.45. The van der Waals surface area contributed by atoms with Gasteiger partial charge in [0.05, 0.1) is 20.9 Å². The van der Waals surface area contributed by atoms with Crippen LogP contribution in [0.2, 0.25) is 0 Å². The van der Waals surface area contributed by atoms with E-state index in [4.69, 9.17) is 0 Å². The normalized spacial score (nSPS) is 12.0. The minimum Gasteiger partial charge on any atom is -0.258 e. The van der Waals surface area contributed by atoms with E-state index < -0.39 is 14.9 Å². The smallest absolute Gasteiger partial charge is 0.258 e. The fourth-order valence-electron chi connectivity index (χ4n) is 4.73. The van der Waals surface area contributed by atoms with Gasteiger partial charge >= 0.3 is 0 Å². The van der Waals surface area contributed by atoms with E-state index in [2.05, 4.69) is 6.07 Å². The van der Waals surface area contributed by atoms with E-state index in [1.165, 1.54) is 16.1 Å². The minimum atomic E-state index is -3.90. The number of nitrogens with zero attached hydrogens (tertiary/aromatic N) is 2. The van der Waals surface area contributed by atoms with Gasteiger partial charge in [-0.05, 0) is 55.0 Å². The lowest BCUT2D eigenvalue weighted by Gasteiger charge is -2.11. The standard InChI is InChI=1S/C27H18N2O4S2/c1-17-15-22-25(34-17)16-24-27(26(22)18-11-13-19(14-12-18)29(30)31)21-9-5-6-10-23(21)28(24)35(32,33)20-7-3-2-4-8-20/h2-16H,1H3. The Balaban J connectivity index is 1.81. The topological polar surface area (TPSA) is 82.2 Å². The first-order valence-electron chi connectivity index (χ1n) is 10.9. The van der Waals surface area contributed by atoms with Crippen LogP contribution < -0.4 is 0 Å². The van der Waals surface area contributed by atoms with Gasteiger partial charge in [0.15, 0.2) is 0 Å². The molecule has 0 atom stereocenters. The van der Waals surface area contributed by atoms with Crippen LogP contribution in [-0.2, 0) is 10.0 Å². The van der Waals surface area contributed by atoms with Crippen LogP contribution in [0.1, 0.15) is 4.88 Å². The molecule has 2 heterocycles. The van der Waals surface area contributed by atoms with Crippen LogP contribution >= 0.6 is 11.3 Å². The van der Waals surface area contributed by atoms with Gasteiger partial charge in [0, 0.05) is 43.4 Å². The second-order valence-corrected chi connectivity index (χ2v) is 11.4. The van der Waals surface area contributed by atoms with Crippen LogP contribution in [0.15, 0.2) is 95.9 Å². The SMILES string of the molecule is Cc1cc2c(-c3ccc([N+](=O)[O-])cc3)c3c4ccccc4n(S(=O)(=O)c4ccccc4)c3cc2s1. The van der Waals surface area contributed by atoms with E-state index in [0.29, 0.717) is 11.0 Å². The number of nitro groups is 1. The van der Waals surface area contributed by atoms with Crippen molar-refractivity contribution in [1.29, 1.82) is 0 Å². The second kappa shape index (κ2) is 7.76. The van der Waals surface area contributed by atoms with E-state index in [0.717, 1.165) is 36.9 Å². The molecule has 8 heteroatoms. The number of fused-ring (bicyclic) bond motifs is 4. The van der Waals surface area contributed by atoms with E-state index in [-0.39, 0.29) is 10.6 Å². The second-order valence-electron chi connectivity index (χ2n) is 8.32. The molecule has 0 radical (unpaired) electrons. The summed E-state index contributed by atoms with van der Waals surface area (Å²) in [6.45, 7) is 2.02. The van der Waals surface area contributed by atoms with E-state index in [9.17, 15) is 18.5 Å². The summed E-state index contributed by atoms with van der Waals surface area (Å²) in [5, 5.41) is 13.8. The van der Waals surface area contributed by atoms with Crippen molar-refractivity contribution in [2.75, 3.05) is 0 Å². The zero-order valence-corrected chi connectivity index (χ0v) is 20.1. The molecule has 6 aromatic rings. The van der Waals surface area contributed by atoms with E-state index in [1.807, 2.05) is 37.3 Å². The van der Waals surface area contributed by atoms with Gasteiger partial charge in [-0.25, -0.2) is 12.4 Å². The van der Waals surface area contributed by atoms with Crippen LogP contribution in [0, 0.1) is 17.0 Å². The van der Waals surface area contributed by atoms with E-state index in [1.54, 1.807) is 53.8 Å². The molecule has 0 saturated heterocycles. The molecule has 0 saturated carbocycles. The highest BCUT2D eigenvalue weighted by Gasteiger charge is 2.26. The summed E-state index contributed by atoms with van der Waals surface area (Å²) in [6.07, 6.45) is 0. The Morgan fingerprint density at radius 2 is 1.51 bits per heavy atom. The first kappa shape index (κ1) is 21.5. The van der Waals surface area contributed by atoms with Gasteiger partial charge in [-0.1, -0.05) is 36.4 Å². The van der Waals surface area contributed by atoms with Crippen molar-refractivity contribution in [3.05, 3.63) is 106 Å². The van der Waals surface area contributed by atoms with Crippen LogP contribution in [0.4, 0.5) is 5.69 Å². The molecule has 0 N–H and O–H groups in total. The first-order chi connectivity index (χ1) is 16.9. The summed E-state index contributed by atoms with van der Waals surface area (Å²) in [4.78, 5) is 12.1. The van der Waals surface area contributed by atoms with Gasteiger partial charge in [-0.2, -0.15) is 0 Å². The average molecular weight is 499 g/mol. The Bertz CT molecular complexity index is 1890. The molecule has 0 aliphatic carbocycles. The summed E-state index contributed by atoms with van der Waals surface area (Å²) in [6, 6.07) is 26.3. The molecular formula is C27H18N2O4S2. The number of para-hydroxylation sites is 1. The van der Waals surface area contributed by atoms with Crippen LogP contribution in [0.3, 0.4) is 0 Å². The molecule has 6 rings (SSSR count). The lowest BCUT2D eigenvalue weighted by molar-refractivity contribution is -0.384. The summed E-state index contributed by atoms with van der Waals surface area (Å²) in [5.74, 6) is 0. The number of aryl methyl sites for hydroxylation is 1. The van der Waals surface area contributed by atoms with Crippen molar-refractivity contribution >= 4 is 58.9 Å². The Kier molecular flexibility index (Phi) is 4.77. The zero-order valence-electron chi connectivity index (χ0n) is 18.5. The molecule has 2 aromatic heterocycles. The van der Waals surface area contributed by atoms with Crippen molar-refractivity contribution in [3.8, 4) is 11.1 Å². The van der Waals surface area contributed by atoms with Gasteiger partial charge < -0.3 is 0 Å². The highest BCUT2D eigenvalue weighted by atomic mass is 32.2. The van der Waals surface area contributed by atoms with Crippen LogP contribution in [0.25, 0.3) is 43.0 Å². The maximum atomic E-state index is 13.9. The number of rotatable bonds is 4. The third kappa shape index (κ3) is 3.25. The number of hydrogen-bond donors (Lipinski definition) is 0. The fraction of sp³-hybridized carbons (Fsp3) is 0.0370. The molecule has 0 aliphatic rings. The van der Waals surface area contributed by atoms with Gasteiger partial charge in [0.2, 0.25) is 0 Å². The number of nitro benzene ring substituents is 1. The third-order valence-corrected chi connectivity index (χ3v) is 8.93. The molecule has 0 amide bonds. The van der Waals surface area contributed by atoms with Gasteiger partial charge in [0.25, 0.3) is 15.7 Å². The highest BCUT2D eigenvalue weighted by molar-refractivity contribution is 7.90. The number of aromatic nitrogens is 1. The molecule has 0 bridgehead atoms. The molecule has 6 nitrogen and oxygen atoms in total. The molecule has 0 fully saturated rings. The monoisotopic (exact) mass is 498 g/mol. The molecule has 4 aromatic carbocycles. The van der Waals surface area contributed by atoms with Crippen molar-refractivity contribution in [1.82, 2.24) is 3.97 Å². The Hall–Kier alpha value is -4.01. The predicted octanol–water partition coefficient (Wildman–Crippen LogP) is 7.13. The maximum absolute atomic E-state index is 13.9. The summed E-state index contributed by atoms with van der Waals surface area (Å²) < 4.78 is 30.2. The largest absolute Gasteiger partial charge is 0.269 e. The average Bonchev–Trinajstić information content (AvgIpc) is 3.40. The third-order valence-electron chi connectivity index (χ3n) is 6.19. The van der Waals surface area contributed by atoms with Crippen LogP contribution in [-0.4, -0.2) is 17.3 Å². The molecule has 0 spiro atoms. The summed E-state index contributed by atoms with van der Waals surface area (Å²) >= 11 is 1.59. The Labute approximate surface area is 204 Å². The van der Waals surface area contributed by atoms with Crippen molar-refractivity contribution in [3.63, 3.8) is 0 Å². The van der Waals surface area contributed by atoms with Gasteiger partial charge in [-0.3, -0.25) is 10.1 Å². The molecular weight excluding hydrogens is 480 g/mol. The van der Waals surface area contributed by atoms with Crippen molar-refractivity contribution < 1.29 is 13.3 Å². The predicted molar refractivity (Wildman–Crippen MR) is 141 cm³/mol. The van der Waals surface area contributed by atoms with E-state index >= 15 is 0 Å². The Morgan fingerprint density at radius 3 is 2.23 bits per heavy atom. The van der Waals surface area contributed by atoms with Crippen molar-refractivity contribution in [2.45, 2.75) is 11.8 Å². The molecule has 35 heavy (non-hydrogen) atoms. The first-order valence-corrected chi connectivity index (χ1v) is 13.1. The number of hydrogen-bond acceptors (Lipinski definition) is 5.